The molecule has 0 spiro atoms. The van der Waals surface area contributed by atoms with Crippen LogP contribution in [-0.4, -0.2) is 46.6 Å². The van der Waals surface area contributed by atoms with Gasteiger partial charge < -0.3 is 15.5 Å². The van der Waals surface area contributed by atoms with Crippen LogP contribution in [-0.2, 0) is 12.8 Å². The van der Waals surface area contributed by atoms with E-state index in [1.165, 1.54) is 12.0 Å². The van der Waals surface area contributed by atoms with Crippen molar-refractivity contribution in [3.63, 3.8) is 0 Å². The first-order valence-corrected chi connectivity index (χ1v) is 8.25. The lowest BCUT2D eigenvalue weighted by atomic mass is 9.90. The molecule has 4 rings (SSSR count). The minimum atomic E-state index is 0.326. The highest BCUT2D eigenvalue weighted by Gasteiger charge is 2.33. The van der Waals surface area contributed by atoms with Crippen molar-refractivity contribution in [1.82, 2.24) is 20.2 Å². The highest BCUT2D eigenvalue weighted by Crippen LogP contribution is 2.33. The molecule has 2 aromatic rings. The number of nitrogen functional groups attached to an aromatic ring is 1. The van der Waals surface area contributed by atoms with Crippen LogP contribution in [0.25, 0.3) is 11.1 Å². The van der Waals surface area contributed by atoms with E-state index in [4.69, 9.17) is 10.2 Å². The van der Waals surface area contributed by atoms with Crippen molar-refractivity contribution < 1.29 is 4.42 Å². The summed E-state index contributed by atoms with van der Waals surface area (Å²) in [4.78, 5) is 11.1. The van der Waals surface area contributed by atoms with Crippen molar-refractivity contribution in [1.29, 1.82) is 0 Å². The van der Waals surface area contributed by atoms with Gasteiger partial charge in [0.25, 0.3) is 0 Å². The van der Waals surface area contributed by atoms with Gasteiger partial charge in [0.2, 0.25) is 5.95 Å². The van der Waals surface area contributed by atoms with Crippen LogP contribution >= 0.6 is 0 Å². The maximum absolute atomic E-state index is 5.92. The van der Waals surface area contributed by atoms with Gasteiger partial charge in [0, 0.05) is 43.7 Å². The summed E-state index contributed by atoms with van der Waals surface area (Å²) >= 11 is 0. The van der Waals surface area contributed by atoms with Crippen LogP contribution in [0.5, 0.6) is 0 Å². The minimum absolute atomic E-state index is 0.326. The Labute approximate surface area is 130 Å². The summed E-state index contributed by atoms with van der Waals surface area (Å²) in [5.41, 5.74) is 8.68. The average Bonchev–Trinajstić information content (AvgIpc) is 2.92. The second-order valence-corrected chi connectivity index (χ2v) is 6.35. The third kappa shape index (κ3) is 2.27. The molecule has 2 aliphatic rings. The van der Waals surface area contributed by atoms with Gasteiger partial charge in [0.05, 0.1) is 6.20 Å². The fraction of sp³-hybridized carbons (Fsp3) is 0.625. The van der Waals surface area contributed by atoms with Crippen LogP contribution in [0, 0.1) is 0 Å². The Bertz CT molecular complexity index is 682. The Hall–Kier alpha value is -1.66. The molecule has 6 nitrogen and oxygen atoms in total. The second kappa shape index (κ2) is 5.52. The monoisotopic (exact) mass is 301 g/mol. The SMILES string of the molecule is CCC1CNCCN1C1CCc2oc3cnc(N)nc3c2C1. The van der Waals surface area contributed by atoms with Gasteiger partial charge in [-0.15, -0.1) is 0 Å². The van der Waals surface area contributed by atoms with Gasteiger partial charge in [-0.1, -0.05) is 6.92 Å². The Balaban J connectivity index is 1.65. The highest BCUT2D eigenvalue weighted by molar-refractivity contribution is 5.78. The minimum Gasteiger partial charge on any atom is -0.457 e. The molecule has 22 heavy (non-hydrogen) atoms. The van der Waals surface area contributed by atoms with Crippen LogP contribution in [0.3, 0.4) is 0 Å². The molecule has 0 aromatic carbocycles. The topological polar surface area (TPSA) is 80.2 Å². The Morgan fingerprint density at radius 1 is 1.50 bits per heavy atom. The predicted molar refractivity (Wildman–Crippen MR) is 85.7 cm³/mol. The van der Waals surface area contributed by atoms with E-state index in [1.54, 1.807) is 6.20 Å². The van der Waals surface area contributed by atoms with E-state index in [0.29, 0.717) is 18.0 Å². The van der Waals surface area contributed by atoms with Crippen LogP contribution < -0.4 is 11.1 Å². The quantitative estimate of drug-likeness (QED) is 0.871. The number of hydrogen-bond donors (Lipinski definition) is 2. The fourth-order valence-electron chi connectivity index (χ4n) is 3.97. The zero-order chi connectivity index (χ0) is 15.1. The molecule has 1 aliphatic heterocycles. The van der Waals surface area contributed by atoms with Crippen LogP contribution in [0.4, 0.5) is 5.95 Å². The first-order chi connectivity index (χ1) is 10.8. The number of rotatable bonds is 2. The third-order valence-electron chi connectivity index (χ3n) is 5.11. The lowest BCUT2D eigenvalue weighted by Gasteiger charge is -2.42. The maximum atomic E-state index is 5.92. The van der Waals surface area contributed by atoms with E-state index < -0.39 is 0 Å². The number of nitrogens with two attached hydrogens (primary N) is 1. The van der Waals surface area contributed by atoms with Crippen molar-refractivity contribution in [2.75, 3.05) is 25.4 Å². The van der Waals surface area contributed by atoms with Crippen molar-refractivity contribution in [2.24, 2.45) is 0 Å². The summed E-state index contributed by atoms with van der Waals surface area (Å²) < 4.78 is 5.92. The molecular formula is C16H23N5O. The highest BCUT2D eigenvalue weighted by atomic mass is 16.3. The van der Waals surface area contributed by atoms with E-state index in [-0.39, 0.29) is 0 Å². The average molecular weight is 301 g/mol. The number of anilines is 1. The van der Waals surface area contributed by atoms with Crippen LogP contribution in [0.2, 0.25) is 0 Å². The van der Waals surface area contributed by atoms with E-state index in [1.807, 2.05) is 0 Å². The van der Waals surface area contributed by atoms with Crippen molar-refractivity contribution in [2.45, 2.75) is 44.7 Å². The molecule has 1 aliphatic carbocycles. The van der Waals surface area contributed by atoms with Gasteiger partial charge in [-0.2, -0.15) is 0 Å². The molecule has 0 bridgehead atoms. The summed E-state index contributed by atoms with van der Waals surface area (Å²) in [6.45, 7) is 5.59. The summed E-state index contributed by atoms with van der Waals surface area (Å²) in [7, 11) is 0. The predicted octanol–water partition coefficient (Wildman–Crippen LogP) is 1.35. The Morgan fingerprint density at radius 3 is 3.27 bits per heavy atom. The number of aryl methyl sites for hydroxylation is 1. The van der Waals surface area contributed by atoms with Crippen molar-refractivity contribution in [3.05, 3.63) is 17.5 Å². The first-order valence-electron chi connectivity index (χ1n) is 8.25. The molecule has 1 fully saturated rings. The van der Waals surface area contributed by atoms with Gasteiger partial charge >= 0.3 is 0 Å². The normalized spacial score (nSPS) is 26.2. The molecule has 0 radical (unpaired) electrons. The van der Waals surface area contributed by atoms with Gasteiger partial charge in [-0.25, -0.2) is 9.97 Å². The molecule has 2 atom stereocenters. The molecule has 2 unspecified atom stereocenters. The maximum Gasteiger partial charge on any atom is 0.220 e. The van der Waals surface area contributed by atoms with Crippen LogP contribution in [0.1, 0.15) is 31.1 Å². The fourth-order valence-corrected chi connectivity index (χ4v) is 3.97. The number of aromatic nitrogens is 2. The van der Waals surface area contributed by atoms with Crippen LogP contribution in [0.15, 0.2) is 10.6 Å². The Morgan fingerprint density at radius 2 is 2.41 bits per heavy atom. The summed E-state index contributed by atoms with van der Waals surface area (Å²) in [5.74, 6) is 1.40. The summed E-state index contributed by atoms with van der Waals surface area (Å²) in [5, 5.41) is 3.51. The van der Waals surface area contributed by atoms with Gasteiger partial charge in [-0.05, 0) is 19.3 Å². The molecule has 118 valence electrons. The van der Waals surface area contributed by atoms with Gasteiger partial charge in [0.15, 0.2) is 5.58 Å². The third-order valence-corrected chi connectivity index (χ3v) is 5.11. The molecule has 2 aromatic heterocycles. The second-order valence-electron chi connectivity index (χ2n) is 6.35. The largest absolute Gasteiger partial charge is 0.457 e. The van der Waals surface area contributed by atoms with Gasteiger partial charge in [-0.3, -0.25) is 4.90 Å². The number of piperazine rings is 1. The standard InChI is InChI=1S/C16H23N5O/c1-2-10-8-18-5-6-21(10)11-3-4-13-12(7-11)15-14(22-13)9-19-16(17)20-15/h9-11,18H,2-8H2,1H3,(H2,17,19,20). The molecule has 3 heterocycles. The van der Waals surface area contributed by atoms with E-state index in [0.717, 1.165) is 55.8 Å². The molecule has 6 heteroatoms. The molecule has 3 N–H and O–H groups in total. The van der Waals surface area contributed by atoms with Gasteiger partial charge in [0.1, 0.15) is 11.3 Å². The number of hydrogen-bond acceptors (Lipinski definition) is 6. The lowest BCUT2D eigenvalue weighted by molar-refractivity contribution is 0.0924. The molecular weight excluding hydrogens is 278 g/mol. The Kier molecular flexibility index (Phi) is 3.50. The molecule has 0 amide bonds. The zero-order valence-electron chi connectivity index (χ0n) is 13.0. The smallest absolute Gasteiger partial charge is 0.220 e. The summed E-state index contributed by atoms with van der Waals surface area (Å²) in [6, 6.07) is 1.22. The van der Waals surface area contributed by atoms with E-state index in [9.17, 15) is 0 Å². The van der Waals surface area contributed by atoms with Crippen molar-refractivity contribution in [3.8, 4) is 0 Å². The lowest BCUT2D eigenvalue weighted by Crippen LogP contribution is -2.56. The number of furan rings is 1. The molecule has 0 saturated carbocycles. The number of fused-ring (bicyclic) bond motifs is 3. The van der Waals surface area contributed by atoms with Crippen molar-refractivity contribution >= 4 is 17.0 Å². The number of nitrogens with one attached hydrogen (secondary N) is 1. The van der Waals surface area contributed by atoms with E-state index in [2.05, 4.69) is 27.1 Å². The first kappa shape index (κ1) is 14.0. The molecule has 1 saturated heterocycles. The van der Waals surface area contributed by atoms with E-state index >= 15 is 0 Å². The zero-order valence-corrected chi connectivity index (χ0v) is 13.0. The number of nitrogens with zero attached hydrogens (tertiary/aromatic N) is 3. The summed E-state index contributed by atoms with van der Waals surface area (Å²) in [6.07, 6.45) is 6.04.